The van der Waals surface area contributed by atoms with E-state index in [1.165, 1.54) is 0 Å². The van der Waals surface area contributed by atoms with E-state index in [9.17, 15) is 10.5 Å². The van der Waals surface area contributed by atoms with Crippen molar-refractivity contribution in [3.8, 4) is 18.0 Å². The van der Waals surface area contributed by atoms with Gasteiger partial charge in [-0.3, -0.25) is 0 Å². The molecule has 0 saturated heterocycles. The highest BCUT2D eigenvalue weighted by molar-refractivity contribution is 5.66. The second kappa shape index (κ2) is 6.05. The molecule has 0 unspecified atom stereocenters. The van der Waals surface area contributed by atoms with E-state index >= 15 is 0 Å². The minimum atomic E-state index is 0.332. The third-order valence-electron chi connectivity index (χ3n) is 3.41. The van der Waals surface area contributed by atoms with E-state index in [0.29, 0.717) is 22.8 Å². The van der Waals surface area contributed by atoms with Crippen LogP contribution in [0.25, 0.3) is 5.82 Å². The van der Waals surface area contributed by atoms with Gasteiger partial charge < -0.3 is 9.88 Å². The van der Waals surface area contributed by atoms with Gasteiger partial charge in [-0.2, -0.15) is 10.5 Å². The fraction of sp³-hybridized carbons (Fsp3) is 0.0556. The molecule has 23 heavy (non-hydrogen) atoms. The molecule has 0 aliphatic heterocycles. The van der Waals surface area contributed by atoms with Crippen molar-refractivity contribution in [3.63, 3.8) is 0 Å². The fourth-order valence-electron chi connectivity index (χ4n) is 2.21. The predicted molar refractivity (Wildman–Crippen MR) is 87.5 cm³/mol. The maximum atomic E-state index is 9.34. The van der Waals surface area contributed by atoms with Crippen LogP contribution in [-0.4, -0.2) is 9.55 Å². The van der Waals surface area contributed by atoms with Crippen LogP contribution in [0.5, 0.6) is 0 Å². The van der Waals surface area contributed by atoms with Crippen LogP contribution in [0.2, 0.25) is 0 Å². The van der Waals surface area contributed by atoms with Crippen LogP contribution in [-0.2, 0) is 0 Å². The van der Waals surface area contributed by atoms with E-state index in [1.807, 2.05) is 55.7 Å². The molecule has 2 heterocycles. The van der Waals surface area contributed by atoms with Gasteiger partial charge in [0.05, 0.1) is 11.1 Å². The van der Waals surface area contributed by atoms with E-state index in [-0.39, 0.29) is 0 Å². The monoisotopic (exact) mass is 299 g/mol. The predicted octanol–water partition coefficient (Wildman–Crippen LogP) is 3.67. The standard InChI is InChI=1S/C18H13N5/c1-13-4-6-16(7-5-13)21-17-14(11-19)10-15(12-20)18(22-17)23-8-2-3-9-23/h2-10H,1H3,(H,21,22). The molecule has 3 aromatic rings. The Balaban J connectivity index is 2.09. The molecule has 0 fully saturated rings. The Kier molecular flexibility index (Phi) is 3.78. The molecule has 0 radical (unpaired) electrons. The molecule has 0 spiro atoms. The highest BCUT2D eigenvalue weighted by atomic mass is 15.1. The zero-order valence-electron chi connectivity index (χ0n) is 12.5. The first-order valence-electron chi connectivity index (χ1n) is 7.03. The summed E-state index contributed by atoms with van der Waals surface area (Å²) in [5.41, 5.74) is 2.67. The Morgan fingerprint density at radius 1 is 1.00 bits per heavy atom. The summed E-state index contributed by atoms with van der Waals surface area (Å²) in [4.78, 5) is 4.48. The molecule has 5 nitrogen and oxygen atoms in total. The van der Waals surface area contributed by atoms with Gasteiger partial charge in [-0.1, -0.05) is 17.7 Å². The van der Waals surface area contributed by atoms with Crippen LogP contribution < -0.4 is 5.32 Å². The zero-order chi connectivity index (χ0) is 16.2. The van der Waals surface area contributed by atoms with Crippen molar-refractivity contribution in [1.29, 1.82) is 10.5 Å². The van der Waals surface area contributed by atoms with Gasteiger partial charge in [0.2, 0.25) is 0 Å². The highest BCUT2D eigenvalue weighted by Gasteiger charge is 2.13. The van der Waals surface area contributed by atoms with Gasteiger partial charge in [0.15, 0.2) is 11.6 Å². The van der Waals surface area contributed by atoms with E-state index in [0.717, 1.165) is 11.3 Å². The average Bonchev–Trinajstić information content (AvgIpc) is 3.11. The summed E-state index contributed by atoms with van der Waals surface area (Å²) in [7, 11) is 0. The van der Waals surface area contributed by atoms with E-state index in [4.69, 9.17) is 0 Å². The van der Waals surface area contributed by atoms with Crippen LogP contribution in [0.15, 0.2) is 54.9 Å². The smallest absolute Gasteiger partial charge is 0.157 e. The molecule has 0 saturated carbocycles. The molecule has 0 amide bonds. The summed E-state index contributed by atoms with van der Waals surface area (Å²) in [5.74, 6) is 0.921. The van der Waals surface area contributed by atoms with Crippen LogP contribution in [0.3, 0.4) is 0 Å². The Bertz CT molecular complexity index is 910. The summed E-state index contributed by atoms with van der Waals surface area (Å²) in [5, 5.41) is 21.8. The summed E-state index contributed by atoms with van der Waals surface area (Å²) >= 11 is 0. The summed E-state index contributed by atoms with van der Waals surface area (Å²) < 4.78 is 1.75. The Hall–Kier alpha value is -3.57. The Labute approximate surface area is 134 Å². The minimum Gasteiger partial charge on any atom is -0.339 e. The normalized spacial score (nSPS) is 9.87. The van der Waals surface area contributed by atoms with Crippen molar-refractivity contribution in [1.82, 2.24) is 9.55 Å². The number of nitrogens with zero attached hydrogens (tertiary/aromatic N) is 4. The lowest BCUT2D eigenvalue weighted by Crippen LogP contribution is -2.05. The molecule has 0 aliphatic rings. The Morgan fingerprint density at radius 3 is 2.26 bits per heavy atom. The molecule has 0 bridgehead atoms. The quantitative estimate of drug-likeness (QED) is 0.800. The molecule has 0 aliphatic carbocycles. The van der Waals surface area contributed by atoms with Crippen molar-refractivity contribution < 1.29 is 0 Å². The maximum Gasteiger partial charge on any atom is 0.157 e. The number of hydrogen-bond donors (Lipinski definition) is 1. The van der Waals surface area contributed by atoms with Gasteiger partial charge >= 0.3 is 0 Å². The summed E-state index contributed by atoms with van der Waals surface area (Å²) in [6.45, 7) is 2.01. The third kappa shape index (κ3) is 2.90. The molecular formula is C18H13N5. The van der Waals surface area contributed by atoms with Gasteiger partial charge in [-0.15, -0.1) is 0 Å². The first-order valence-corrected chi connectivity index (χ1v) is 7.03. The maximum absolute atomic E-state index is 9.34. The van der Waals surface area contributed by atoms with E-state index in [2.05, 4.69) is 22.4 Å². The number of aromatic nitrogens is 2. The number of rotatable bonds is 3. The van der Waals surface area contributed by atoms with Gasteiger partial charge in [0.25, 0.3) is 0 Å². The summed E-state index contributed by atoms with van der Waals surface area (Å²) in [6, 6.07) is 17.2. The fourth-order valence-corrected chi connectivity index (χ4v) is 2.21. The molecule has 2 aromatic heterocycles. The lowest BCUT2D eigenvalue weighted by Gasteiger charge is -2.11. The second-order valence-electron chi connectivity index (χ2n) is 5.06. The number of aryl methyl sites for hydroxylation is 1. The van der Waals surface area contributed by atoms with Gasteiger partial charge in [-0.05, 0) is 37.3 Å². The van der Waals surface area contributed by atoms with Gasteiger partial charge in [-0.25, -0.2) is 4.98 Å². The Morgan fingerprint density at radius 2 is 1.65 bits per heavy atom. The topological polar surface area (TPSA) is 77.4 Å². The van der Waals surface area contributed by atoms with Gasteiger partial charge in [0.1, 0.15) is 12.1 Å². The SMILES string of the molecule is Cc1ccc(Nc2nc(-n3cccc3)c(C#N)cc2C#N)cc1. The number of benzene rings is 1. The lowest BCUT2D eigenvalue weighted by atomic mass is 10.1. The molecular weight excluding hydrogens is 286 g/mol. The second-order valence-corrected chi connectivity index (χ2v) is 5.06. The van der Waals surface area contributed by atoms with Crippen LogP contribution in [0.1, 0.15) is 16.7 Å². The van der Waals surface area contributed by atoms with Crippen molar-refractivity contribution in [2.75, 3.05) is 5.32 Å². The molecule has 1 aromatic carbocycles. The minimum absolute atomic E-state index is 0.332. The molecule has 1 N–H and O–H groups in total. The highest BCUT2D eigenvalue weighted by Crippen LogP contribution is 2.23. The van der Waals surface area contributed by atoms with Crippen LogP contribution >= 0.6 is 0 Å². The van der Waals surface area contributed by atoms with Crippen LogP contribution in [0.4, 0.5) is 11.5 Å². The number of nitrogens with one attached hydrogen (secondary N) is 1. The average molecular weight is 299 g/mol. The van der Waals surface area contributed by atoms with Crippen molar-refractivity contribution in [3.05, 3.63) is 71.5 Å². The number of hydrogen-bond acceptors (Lipinski definition) is 4. The largest absolute Gasteiger partial charge is 0.339 e. The third-order valence-corrected chi connectivity index (χ3v) is 3.41. The first-order chi connectivity index (χ1) is 11.2. The summed E-state index contributed by atoms with van der Waals surface area (Å²) in [6.07, 6.45) is 3.62. The van der Waals surface area contributed by atoms with Gasteiger partial charge in [0, 0.05) is 18.1 Å². The van der Waals surface area contributed by atoms with Crippen molar-refractivity contribution >= 4 is 11.5 Å². The number of nitriles is 2. The molecule has 110 valence electrons. The lowest BCUT2D eigenvalue weighted by molar-refractivity contribution is 1.00. The van der Waals surface area contributed by atoms with E-state index < -0.39 is 0 Å². The first kappa shape index (κ1) is 14.4. The molecule has 3 rings (SSSR count). The van der Waals surface area contributed by atoms with Crippen LogP contribution in [0, 0.1) is 29.6 Å². The molecule has 0 atom stereocenters. The zero-order valence-corrected chi connectivity index (χ0v) is 12.5. The number of pyridine rings is 1. The van der Waals surface area contributed by atoms with Crippen molar-refractivity contribution in [2.24, 2.45) is 0 Å². The molecule has 5 heteroatoms. The van der Waals surface area contributed by atoms with Crippen molar-refractivity contribution in [2.45, 2.75) is 6.92 Å². The van der Waals surface area contributed by atoms with E-state index in [1.54, 1.807) is 10.6 Å². The number of anilines is 2.